The Morgan fingerprint density at radius 2 is 2.43 bits per heavy atom. The van der Waals surface area contributed by atoms with Crippen LogP contribution in [0.4, 0.5) is 0 Å². The van der Waals surface area contributed by atoms with Crippen molar-refractivity contribution >= 4 is 28.6 Å². The predicted octanol–water partition coefficient (Wildman–Crippen LogP) is -1.04. The molecule has 0 amide bonds. The molecule has 0 aromatic carbocycles. The maximum atomic E-state index is 9.64. The summed E-state index contributed by atoms with van der Waals surface area (Å²) in [6.07, 6.45) is 0. The summed E-state index contributed by atoms with van der Waals surface area (Å²) in [5.41, 5.74) is 4.76. The molecule has 0 spiro atoms. The van der Waals surface area contributed by atoms with Crippen LogP contribution >= 0.6 is 12.2 Å². The van der Waals surface area contributed by atoms with Crippen LogP contribution in [0.25, 0.3) is 0 Å². The molecule has 0 radical (unpaired) electrons. The van der Waals surface area contributed by atoms with E-state index in [1.807, 2.05) is 4.72 Å². The average molecular weight is 140 g/mol. The van der Waals surface area contributed by atoms with Gasteiger partial charge in [0.2, 0.25) is 0 Å². The molecule has 0 aliphatic heterocycles. The summed E-state index contributed by atoms with van der Waals surface area (Å²) >= 11 is 2.07. The van der Waals surface area contributed by atoms with E-state index < -0.39 is 11.3 Å². The molecule has 0 rings (SSSR count). The van der Waals surface area contributed by atoms with E-state index in [0.29, 0.717) is 0 Å². The molecule has 0 aromatic heterocycles. The Kier molecular flexibility index (Phi) is 2.81. The van der Waals surface area contributed by atoms with Gasteiger partial charge in [-0.15, -0.1) is 0 Å². The lowest BCUT2D eigenvalue weighted by Gasteiger charge is -1.91. The van der Waals surface area contributed by atoms with Gasteiger partial charge in [0.25, 0.3) is 11.3 Å². The first kappa shape index (κ1) is 6.80. The highest BCUT2D eigenvalue weighted by Gasteiger charge is 1.87. The Balaban J connectivity index is 3.32. The zero-order valence-electron chi connectivity index (χ0n) is 3.25. The first-order valence-electron chi connectivity index (χ1n) is 1.30. The first-order valence-corrected chi connectivity index (χ1v) is 2.81. The molecule has 0 aliphatic carbocycles. The second kappa shape index (κ2) is 2.89. The van der Waals surface area contributed by atoms with Crippen molar-refractivity contribution < 1.29 is 8.76 Å². The first-order chi connectivity index (χ1) is 3.13. The topological polar surface area (TPSA) is 75.3 Å². The third kappa shape index (κ3) is 5.80. The summed E-state index contributed by atoms with van der Waals surface area (Å²) < 4.78 is 19.4. The predicted molar refractivity (Wildman–Crippen MR) is 30.7 cm³/mol. The molecule has 0 fully saturated rings. The number of hydrogen-bond donors (Lipinski definition) is 3. The highest BCUT2D eigenvalue weighted by Crippen LogP contribution is 1.59. The molecule has 0 aromatic rings. The van der Waals surface area contributed by atoms with E-state index in [1.165, 1.54) is 0 Å². The van der Waals surface area contributed by atoms with Gasteiger partial charge in [-0.1, -0.05) is 0 Å². The summed E-state index contributed by atoms with van der Waals surface area (Å²) in [6.45, 7) is 0. The van der Waals surface area contributed by atoms with Crippen molar-refractivity contribution in [3.63, 3.8) is 0 Å². The van der Waals surface area contributed by atoms with E-state index in [4.69, 9.17) is 10.3 Å². The van der Waals surface area contributed by atoms with Crippen LogP contribution in [0.15, 0.2) is 0 Å². The zero-order valence-corrected chi connectivity index (χ0v) is 4.88. The standard InChI is InChI=1S/CH4N2O2S2/c2-1(6)3-7(4)5/h(H,4,5)(H3,2,3,6). The second-order valence-electron chi connectivity index (χ2n) is 0.715. The van der Waals surface area contributed by atoms with E-state index in [9.17, 15) is 4.21 Å². The summed E-state index contributed by atoms with van der Waals surface area (Å²) in [5.74, 6) is 0. The van der Waals surface area contributed by atoms with Crippen LogP contribution in [0.1, 0.15) is 0 Å². The minimum absolute atomic E-state index is 0.180. The maximum absolute atomic E-state index is 9.64. The Hall–Kier alpha value is -0.200. The molecule has 0 saturated carbocycles. The van der Waals surface area contributed by atoms with Crippen molar-refractivity contribution in [1.29, 1.82) is 0 Å². The van der Waals surface area contributed by atoms with Gasteiger partial charge in [-0.05, 0) is 12.2 Å². The van der Waals surface area contributed by atoms with Crippen LogP contribution in [-0.2, 0) is 11.3 Å². The minimum atomic E-state index is -2.11. The minimum Gasteiger partial charge on any atom is -0.376 e. The van der Waals surface area contributed by atoms with Gasteiger partial charge in [-0.2, -0.15) is 0 Å². The van der Waals surface area contributed by atoms with Crippen molar-refractivity contribution in [2.45, 2.75) is 0 Å². The SMILES string of the molecule is NC(=S)NS(=O)O. The Bertz CT molecular complexity index is 89.9. The molecule has 0 aliphatic rings. The molecule has 0 bridgehead atoms. The highest BCUT2D eigenvalue weighted by molar-refractivity contribution is 7.83. The van der Waals surface area contributed by atoms with Crippen molar-refractivity contribution in [3.05, 3.63) is 0 Å². The number of rotatable bonds is 1. The molecular weight excluding hydrogens is 136 g/mol. The Labute approximate surface area is 48.5 Å². The largest absolute Gasteiger partial charge is 0.376 e. The number of thiocarbonyl (C=S) groups is 1. The van der Waals surface area contributed by atoms with Crippen LogP contribution < -0.4 is 10.5 Å². The summed E-state index contributed by atoms with van der Waals surface area (Å²) in [5, 5.41) is -0.180. The average Bonchev–Trinajstić information content (AvgIpc) is 1.27. The highest BCUT2D eigenvalue weighted by atomic mass is 32.2. The van der Waals surface area contributed by atoms with Gasteiger partial charge < -0.3 is 5.73 Å². The third-order valence-corrected chi connectivity index (χ3v) is 0.814. The van der Waals surface area contributed by atoms with Crippen LogP contribution in [0.3, 0.4) is 0 Å². The van der Waals surface area contributed by atoms with Crippen molar-refractivity contribution in [1.82, 2.24) is 4.72 Å². The summed E-state index contributed by atoms with van der Waals surface area (Å²) in [6, 6.07) is 0. The van der Waals surface area contributed by atoms with Crippen LogP contribution in [0, 0.1) is 0 Å². The molecule has 6 heteroatoms. The fourth-order valence-electron chi connectivity index (χ4n) is 0.0861. The molecule has 4 nitrogen and oxygen atoms in total. The summed E-state index contributed by atoms with van der Waals surface area (Å²) in [7, 11) is 0. The smallest absolute Gasteiger partial charge is 0.260 e. The van der Waals surface area contributed by atoms with Gasteiger partial charge in [-0.25, -0.2) is 4.21 Å². The fraction of sp³-hybridized carbons (Fsp3) is 0. The lowest BCUT2D eigenvalue weighted by Crippen LogP contribution is -2.30. The van der Waals surface area contributed by atoms with Crippen LogP contribution in [-0.4, -0.2) is 13.9 Å². The van der Waals surface area contributed by atoms with Crippen molar-refractivity contribution in [2.75, 3.05) is 0 Å². The lowest BCUT2D eigenvalue weighted by molar-refractivity contribution is 0.560. The molecule has 0 heterocycles. The van der Waals surface area contributed by atoms with Crippen molar-refractivity contribution in [3.8, 4) is 0 Å². The quantitative estimate of drug-likeness (QED) is 0.321. The molecule has 1 unspecified atom stereocenters. The van der Waals surface area contributed by atoms with Gasteiger partial charge >= 0.3 is 0 Å². The van der Waals surface area contributed by atoms with Crippen LogP contribution in [0.2, 0.25) is 0 Å². The van der Waals surface area contributed by atoms with Crippen LogP contribution in [0.5, 0.6) is 0 Å². The van der Waals surface area contributed by atoms with Gasteiger partial charge in [0, 0.05) is 0 Å². The van der Waals surface area contributed by atoms with E-state index in [2.05, 4.69) is 12.2 Å². The monoisotopic (exact) mass is 140 g/mol. The number of hydrogen-bond acceptors (Lipinski definition) is 2. The molecule has 7 heavy (non-hydrogen) atoms. The van der Waals surface area contributed by atoms with Gasteiger partial charge in [0.1, 0.15) is 0 Å². The van der Waals surface area contributed by atoms with Gasteiger partial charge in [0.05, 0.1) is 0 Å². The normalized spacial score (nSPS) is 12.7. The van der Waals surface area contributed by atoms with Gasteiger partial charge in [-0.3, -0.25) is 9.27 Å². The fourth-order valence-corrected chi connectivity index (χ4v) is 0.472. The number of nitrogens with two attached hydrogens (primary N) is 1. The summed E-state index contributed by atoms with van der Waals surface area (Å²) in [4.78, 5) is 0. The van der Waals surface area contributed by atoms with E-state index in [-0.39, 0.29) is 5.11 Å². The third-order valence-electron chi connectivity index (χ3n) is 0.188. The zero-order chi connectivity index (χ0) is 5.86. The second-order valence-corrected chi connectivity index (χ2v) is 1.86. The lowest BCUT2D eigenvalue weighted by atomic mass is 11.3. The molecule has 42 valence electrons. The van der Waals surface area contributed by atoms with E-state index in [0.717, 1.165) is 0 Å². The van der Waals surface area contributed by atoms with Crippen molar-refractivity contribution in [2.24, 2.45) is 5.73 Å². The van der Waals surface area contributed by atoms with E-state index in [1.54, 1.807) is 0 Å². The van der Waals surface area contributed by atoms with Gasteiger partial charge in [0.15, 0.2) is 5.11 Å². The van der Waals surface area contributed by atoms with E-state index >= 15 is 0 Å². The Morgan fingerprint density at radius 3 is 2.43 bits per heavy atom. The molecule has 4 N–H and O–H groups in total. The molecular formula is CH4N2O2S2. The molecule has 0 saturated heterocycles. The number of nitrogens with one attached hydrogen (secondary N) is 1. The maximum Gasteiger partial charge on any atom is 0.260 e. The molecule has 1 atom stereocenters. The Morgan fingerprint density at radius 1 is 2.00 bits per heavy atom.